The maximum Gasteiger partial charge on any atom is 0.270 e. The molecular weight excluding hydrogens is 271 g/mol. The topological polar surface area (TPSA) is 92.9 Å². The molecule has 1 unspecified atom stereocenters. The Balaban J connectivity index is 2.90. The van der Waals surface area contributed by atoms with Gasteiger partial charge in [0.25, 0.3) is 11.6 Å². The molecule has 1 atom stereocenters. The van der Waals surface area contributed by atoms with Crippen LogP contribution >= 0.6 is 0 Å². The fourth-order valence-corrected chi connectivity index (χ4v) is 1.64. The van der Waals surface area contributed by atoms with E-state index < -0.39 is 28.3 Å². The normalized spacial score (nSPS) is 12.0. The van der Waals surface area contributed by atoms with Gasteiger partial charge < -0.3 is 14.7 Å². The minimum Gasteiger partial charge on any atom is -0.389 e. The summed E-state index contributed by atoms with van der Waals surface area (Å²) in [5.41, 5.74) is -0.785. The van der Waals surface area contributed by atoms with Gasteiger partial charge in [0.1, 0.15) is 5.82 Å². The Labute approximate surface area is 114 Å². The Morgan fingerprint density at radius 1 is 1.60 bits per heavy atom. The fraction of sp³-hybridized carbons (Fsp3) is 0.417. The highest BCUT2D eigenvalue weighted by Gasteiger charge is 2.21. The fourth-order valence-electron chi connectivity index (χ4n) is 1.64. The lowest BCUT2D eigenvalue weighted by Gasteiger charge is -2.20. The van der Waals surface area contributed by atoms with Crippen LogP contribution in [-0.2, 0) is 4.74 Å². The molecule has 0 aliphatic carbocycles. The number of nitro benzene ring substituents is 1. The predicted octanol–water partition coefficient (Wildman–Crippen LogP) is 0.813. The summed E-state index contributed by atoms with van der Waals surface area (Å²) >= 11 is 0. The Hall–Kier alpha value is -2.06. The molecule has 110 valence electrons. The molecule has 0 spiro atoms. The molecule has 8 heteroatoms. The van der Waals surface area contributed by atoms with Crippen molar-refractivity contribution in [2.24, 2.45) is 0 Å². The molecule has 20 heavy (non-hydrogen) atoms. The van der Waals surface area contributed by atoms with Crippen molar-refractivity contribution < 1.29 is 24.0 Å². The molecule has 0 saturated heterocycles. The summed E-state index contributed by atoms with van der Waals surface area (Å²) in [6.45, 7) is -0.0517. The molecule has 7 nitrogen and oxygen atoms in total. The largest absolute Gasteiger partial charge is 0.389 e. The van der Waals surface area contributed by atoms with Gasteiger partial charge in [-0.25, -0.2) is 4.39 Å². The lowest BCUT2D eigenvalue weighted by Crippen LogP contribution is -2.36. The van der Waals surface area contributed by atoms with Crippen molar-refractivity contribution in [2.45, 2.75) is 6.10 Å². The van der Waals surface area contributed by atoms with Crippen LogP contribution in [0, 0.1) is 15.9 Å². The summed E-state index contributed by atoms with van der Waals surface area (Å²) in [4.78, 5) is 23.0. The Kier molecular flexibility index (Phi) is 5.53. The molecule has 0 fully saturated rings. The number of rotatable bonds is 6. The van der Waals surface area contributed by atoms with Gasteiger partial charge >= 0.3 is 0 Å². The molecule has 0 saturated carbocycles. The van der Waals surface area contributed by atoms with Gasteiger partial charge in [-0.3, -0.25) is 14.9 Å². The number of nitrogens with zero attached hydrogens (tertiary/aromatic N) is 2. The van der Waals surface area contributed by atoms with E-state index in [4.69, 9.17) is 4.74 Å². The SMILES string of the molecule is COCC(O)CN(C)C(=O)c1cc([N+](=O)[O-])ccc1F. The van der Waals surface area contributed by atoms with Crippen molar-refractivity contribution in [1.82, 2.24) is 4.90 Å². The average molecular weight is 286 g/mol. The number of likely N-dealkylation sites (N-methyl/N-ethyl adjacent to an activating group) is 1. The van der Waals surface area contributed by atoms with Crippen molar-refractivity contribution in [2.75, 3.05) is 27.3 Å². The van der Waals surface area contributed by atoms with Crippen LogP contribution in [-0.4, -0.2) is 54.3 Å². The van der Waals surface area contributed by atoms with Crippen LogP contribution in [0.5, 0.6) is 0 Å². The van der Waals surface area contributed by atoms with E-state index in [0.29, 0.717) is 0 Å². The Bertz CT molecular complexity index is 509. The van der Waals surface area contributed by atoms with E-state index >= 15 is 0 Å². The van der Waals surface area contributed by atoms with Gasteiger partial charge in [0.05, 0.1) is 23.2 Å². The molecule has 0 radical (unpaired) electrons. The highest BCUT2D eigenvalue weighted by molar-refractivity contribution is 5.95. The molecular formula is C12H15FN2O5. The third kappa shape index (κ3) is 3.97. The van der Waals surface area contributed by atoms with Crippen molar-refractivity contribution in [3.05, 3.63) is 39.7 Å². The number of aliphatic hydroxyl groups is 1. The number of hydrogen-bond donors (Lipinski definition) is 1. The Morgan fingerprint density at radius 2 is 2.25 bits per heavy atom. The summed E-state index contributed by atoms with van der Waals surface area (Å²) in [6, 6.07) is 2.72. The highest BCUT2D eigenvalue weighted by atomic mass is 19.1. The molecule has 1 aromatic carbocycles. The number of carbonyl (C=O) groups excluding carboxylic acids is 1. The quantitative estimate of drug-likeness (QED) is 0.617. The molecule has 0 aliphatic rings. The second-order valence-corrected chi connectivity index (χ2v) is 4.22. The second-order valence-electron chi connectivity index (χ2n) is 4.22. The highest BCUT2D eigenvalue weighted by Crippen LogP contribution is 2.18. The molecule has 1 rings (SSSR count). The maximum absolute atomic E-state index is 13.6. The summed E-state index contributed by atoms with van der Waals surface area (Å²) in [5, 5.41) is 20.1. The maximum atomic E-state index is 13.6. The zero-order chi connectivity index (χ0) is 15.3. The van der Waals surface area contributed by atoms with E-state index in [2.05, 4.69) is 0 Å². The lowest BCUT2D eigenvalue weighted by molar-refractivity contribution is -0.384. The Morgan fingerprint density at radius 3 is 2.80 bits per heavy atom. The van der Waals surface area contributed by atoms with E-state index in [0.717, 1.165) is 23.1 Å². The molecule has 0 aromatic heterocycles. The van der Waals surface area contributed by atoms with Gasteiger partial charge in [0.15, 0.2) is 0 Å². The third-order valence-corrected chi connectivity index (χ3v) is 2.58. The van der Waals surface area contributed by atoms with Gasteiger partial charge in [-0.05, 0) is 6.07 Å². The summed E-state index contributed by atoms with van der Waals surface area (Å²) in [6.07, 6.45) is -0.921. The first kappa shape index (κ1) is 16.0. The number of nitro groups is 1. The van der Waals surface area contributed by atoms with Gasteiger partial charge in [-0.1, -0.05) is 0 Å². The van der Waals surface area contributed by atoms with Crippen LogP contribution in [0.25, 0.3) is 0 Å². The van der Waals surface area contributed by atoms with Crippen LogP contribution < -0.4 is 0 Å². The van der Waals surface area contributed by atoms with Crippen molar-refractivity contribution in [1.29, 1.82) is 0 Å². The number of methoxy groups -OCH3 is 1. The first-order valence-electron chi connectivity index (χ1n) is 5.73. The van der Waals surface area contributed by atoms with Crippen molar-refractivity contribution in [3.8, 4) is 0 Å². The number of hydrogen-bond acceptors (Lipinski definition) is 5. The van der Waals surface area contributed by atoms with Crippen molar-refractivity contribution >= 4 is 11.6 Å². The van der Waals surface area contributed by atoms with Gasteiger partial charge in [-0.2, -0.15) is 0 Å². The van der Waals surface area contributed by atoms with Crippen LogP contribution in [0.3, 0.4) is 0 Å². The monoisotopic (exact) mass is 286 g/mol. The summed E-state index contributed by atoms with van der Waals surface area (Å²) < 4.78 is 18.3. The molecule has 1 aromatic rings. The number of non-ortho nitro benzene ring substituents is 1. The standard InChI is InChI=1S/C12H15FN2O5/c1-14(6-9(16)7-20-2)12(17)10-5-8(15(18)19)3-4-11(10)13/h3-5,9,16H,6-7H2,1-2H3. The van der Waals surface area contributed by atoms with Crippen LogP contribution in [0.1, 0.15) is 10.4 Å². The minimum atomic E-state index is -0.921. The number of amides is 1. The van der Waals surface area contributed by atoms with Gasteiger partial charge in [-0.15, -0.1) is 0 Å². The average Bonchev–Trinajstić information content (AvgIpc) is 2.38. The molecule has 0 bridgehead atoms. The molecule has 0 aliphatic heterocycles. The first-order chi connectivity index (χ1) is 9.36. The first-order valence-corrected chi connectivity index (χ1v) is 5.73. The van der Waals surface area contributed by atoms with E-state index in [1.54, 1.807) is 0 Å². The van der Waals surface area contributed by atoms with Gasteiger partial charge in [0.2, 0.25) is 0 Å². The zero-order valence-electron chi connectivity index (χ0n) is 11.1. The summed E-state index contributed by atoms with van der Waals surface area (Å²) in [7, 11) is 2.75. The van der Waals surface area contributed by atoms with E-state index in [-0.39, 0.29) is 18.8 Å². The second kappa shape index (κ2) is 6.92. The van der Waals surface area contributed by atoms with Crippen LogP contribution in [0.2, 0.25) is 0 Å². The molecule has 0 heterocycles. The number of halogens is 1. The molecule has 1 N–H and O–H groups in total. The number of benzene rings is 1. The predicted molar refractivity (Wildman–Crippen MR) is 67.9 cm³/mol. The third-order valence-electron chi connectivity index (χ3n) is 2.58. The van der Waals surface area contributed by atoms with Gasteiger partial charge in [0, 0.05) is 32.8 Å². The lowest BCUT2D eigenvalue weighted by atomic mass is 10.1. The van der Waals surface area contributed by atoms with E-state index in [1.807, 2.05) is 0 Å². The number of carbonyl (C=O) groups is 1. The summed E-state index contributed by atoms with van der Waals surface area (Å²) in [5.74, 6) is -1.60. The van der Waals surface area contributed by atoms with E-state index in [9.17, 15) is 24.4 Å². The molecule has 1 amide bonds. The zero-order valence-corrected chi connectivity index (χ0v) is 11.1. The number of aliphatic hydroxyl groups excluding tert-OH is 1. The number of ether oxygens (including phenoxy) is 1. The van der Waals surface area contributed by atoms with E-state index in [1.165, 1.54) is 14.2 Å². The van der Waals surface area contributed by atoms with Crippen molar-refractivity contribution in [3.63, 3.8) is 0 Å². The van der Waals surface area contributed by atoms with Crippen LogP contribution in [0.4, 0.5) is 10.1 Å². The smallest absolute Gasteiger partial charge is 0.270 e. The van der Waals surface area contributed by atoms with Crippen LogP contribution in [0.15, 0.2) is 18.2 Å². The minimum absolute atomic E-state index is 0.0229.